The van der Waals surface area contributed by atoms with Gasteiger partial charge in [-0.15, -0.1) is 23.2 Å². The van der Waals surface area contributed by atoms with Gasteiger partial charge in [-0.2, -0.15) is 0 Å². The number of phenols is 1. The monoisotopic (exact) mass is 642 g/mol. The van der Waals surface area contributed by atoms with Gasteiger partial charge in [0.2, 0.25) is 11.8 Å². The minimum absolute atomic E-state index is 0.0828. The Morgan fingerprint density at radius 2 is 1.51 bits per heavy atom. The highest BCUT2D eigenvalue weighted by Crippen LogP contribution is 2.66. The second-order valence-corrected chi connectivity index (χ2v) is 13.5. The Bertz CT molecular complexity index is 1860. The third-order valence-electron chi connectivity index (χ3n) is 10.0. The fourth-order valence-corrected chi connectivity index (χ4v) is 8.79. The molecule has 4 amide bonds. The van der Waals surface area contributed by atoms with Crippen molar-refractivity contribution in [1.82, 2.24) is 4.90 Å². The quantitative estimate of drug-likeness (QED) is 0.183. The van der Waals surface area contributed by atoms with E-state index in [1.54, 1.807) is 73.7 Å². The van der Waals surface area contributed by atoms with Gasteiger partial charge in [0.05, 0.1) is 17.5 Å². The number of likely N-dealkylation sites (tertiary alicyclic amines) is 1. The average Bonchev–Trinajstić information content (AvgIpc) is 3.37. The van der Waals surface area contributed by atoms with Gasteiger partial charge in [-0.1, -0.05) is 60.2 Å². The number of aromatic hydroxyl groups is 1. The van der Waals surface area contributed by atoms with E-state index in [1.807, 2.05) is 12.1 Å². The third kappa shape index (κ3) is 3.88. The minimum atomic E-state index is -1.96. The van der Waals surface area contributed by atoms with Crippen LogP contribution in [0.1, 0.15) is 45.8 Å². The van der Waals surface area contributed by atoms with Crippen molar-refractivity contribution in [3.8, 4) is 5.75 Å². The number of benzene rings is 3. The highest BCUT2D eigenvalue weighted by Gasteiger charge is 2.76. The second-order valence-electron chi connectivity index (χ2n) is 12.3. The van der Waals surface area contributed by atoms with Crippen molar-refractivity contribution in [2.24, 2.45) is 17.8 Å². The maximum atomic E-state index is 14.2. The normalized spacial score (nSPS) is 30.6. The summed E-state index contributed by atoms with van der Waals surface area (Å²) in [5, 5.41) is 11.2. The van der Waals surface area contributed by atoms with E-state index < -0.39 is 57.0 Å². The van der Waals surface area contributed by atoms with Crippen LogP contribution in [0.15, 0.2) is 84.4 Å². The topological polar surface area (TPSA) is 112 Å². The molecule has 2 saturated heterocycles. The van der Waals surface area contributed by atoms with Gasteiger partial charge in [-0.05, 0) is 55.5 Å². The SMILES string of the molecule is Cc1cccc(C2C3=CCC4C(=O)N(c5ccc(C(=O)c6ccccc6)cc5)C(=O)C4C3CC3(Cl)C(=O)N(C)C(=O)C23Cl)c1O. The Kier molecular flexibility index (Phi) is 6.62. The van der Waals surface area contributed by atoms with Crippen molar-refractivity contribution in [2.45, 2.75) is 35.4 Å². The predicted octanol–water partition coefficient (Wildman–Crippen LogP) is 5.12. The summed E-state index contributed by atoms with van der Waals surface area (Å²) in [7, 11) is 1.32. The van der Waals surface area contributed by atoms with Crippen molar-refractivity contribution in [3.05, 3.63) is 107 Å². The smallest absolute Gasteiger partial charge is 0.253 e. The predicted molar refractivity (Wildman–Crippen MR) is 167 cm³/mol. The van der Waals surface area contributed by atoms with Crippen LogP contribution in [0.3, 0.4) is 0 Å². The number of hydrogen-bond donors (Lipinski definition) is 1. The molecule has 6 unspecified atom stereocenters. The lowest BCUT2D eigenvalue weighted by atomic mass is 9.56. The first kappa shape index (κ1) is 29.4. The Morgan fingerprint density at radius 1 is 0.844 bits per heavy atom. The summed E-state index contributed by atoms with van der Waals surface area (Å²) < 4.78 is 0. The highest BCUT2D eigenvalue weighted by atomic mass is 35.5. The number of phenolic OH excluding ortho intramolecular Hbond substituents is 1. The highest BCUT2D eigenvalue weighted by molar-refractivity contribution is 6.53. The van der Waals surface area contributed by atoms with Crippen molar-refractivity contribution < 1.29 is 29.1 Å². The molecule has 3 aromatic rings. The number of hydrogen-bond acceptors (Lipinski definition) is 6. The summed E-state index contributed by atoms with van der Waals surface area (Å²) in [5.74, 6) is -5.82. The largest absolute Gasteiger partial charge is 0.507 e. The van der Waals surface area contributed by atoms with Crippen LogP contribution >= 0.6 is 23.2 Å². The van der Waals surface area contributed by atoms with E-state index in [0.29, 0.717) is 33.5 Å². The number of rotatable bonds is 4. The van der Waals surface area contributed by atoms with Gasteiger partial charge in [-0.25, -0.2) is 0 Å². The zero-order valence-electron chi connectivity index (χ0n) is 24.4. The molecule has 0 bridgehead atoms. The molecule has 3 aromatic carbocycles. The molecule has 2 heterocycles. The third-order valence-corrected chi connectivity index (χ3v) is 11.4. The Hall–Kier alpha value is -4.27. The van der Waals surface area contributed by atoms with Crippen LogP contribution in [0.25, 0.3) is 0 Å². The molecule has 7 rings (SSSR count). The molecule has 3 fully saturated rings. The number of ketones is 1. The molecule has 0 radical (unpaired) electrons. The molecule has 2 aliphatic carbocycles. The van der Waals surface area contributed by atoms with Gasteiger partial charge in [0, 0.05) is 29.7 Å². The number of fused-ring (bicyclic) bond motifs is 4. The lowest BCUT2D eigenvalue weighted by Crippen LogP contribution is -2.60. The number of amides is 4. The number of carbonyl (C=O) groups is 5. The summed E-state index contributed by atoms with van der Waals surface area (Å²) in [5.41, 5.74) is 2.73. The molecular weight excluding hydrogens is 615 g/mol. The number of nitrogens with zero attached hydrogens (tertiary/aromatic N) is 2. The number of carbonyl (C=O) groups excluding carboxylic acids is 5. The molecule has 0 spiro atoms. The fraction of sp³-hybridized carbons (Fsp3) is 0.286. The molecule has 6 atom stereocenters. The standard InChI is InChI=1S/C35H28Cl2N2O6/c1-18-7-6-10-24(28(18)40)27-22-15-16-23-26(25(22)17-34(36)32(44)38(2)33(45)35(27,34)37)31(43)39(30(23)42)21-13-11-20(12-14-21)29(41)19-8-4-3-5-9-19/h3-15,23,25-27,40H,16-17H2,1-2H3. The van der Waals surface area contributed by atoms with Crippen molar-refractivity contribution in [3.63, 3.8) is 0 Å². The molecular formula is C35H28Cl2N2O6. The van der Waals surface area contributed by atoms with Crippen LogP contribution < -0.4 is 4.90 Å². The van der Waals surface area contributed by atoms with Crippen molar-refractivity contribution in [1.29, 1.82) is 0 Å². The van der Waals surface area contributed by atoms with Gasteiger partial charge >= 0.3 is 0 Å². The van der Waals surface area contributed by atoms with E-state index in [2.05, 4.69) is 0 Å². The summed E-state index contributed by atoms with van der Waals surface area (Å²) in [6.45, 7) is 1.71. The number of alkyl halides is 2. The Morgan fingerprint density at radius 3 is 2.20 bits per heavy atom. The molecule has 10 heteroatoms. The van der Waals surface area contributed by atoms with Crippen LogP contribution in [0.4, 0.5) is 5.69 Å². The van der Waals surface area contributed by atoms with E-state index in [9.17, 15) is 29.1 Å². The molecule has 8 nitrogen and oxygen atoms in total. The molecule has 2 aliphatic heterocycles. The van der Waals surface area contributed by atoms with Gasteiger partial charge in [0.15, 0.2) is 15.5 Å². The Balaban J connectivity index is 1.29. The molecule has 228 valence electrons. The number of imide groups is 2. The maximum Gasteiger partial charge on any atom is 0.253 e. The minimum Gasteiger partial charge on any atom is -0.507 e. The summed E-state index contributed by atoms with van der Waals surface area (Å²) in [6.07, 6.45) is 1.89. The number of allylic oxidation sites excluding steroid dienone is 2. The molecule has 1 N–H and O–H groups in total. The fourth-order valence-electron chi connectivity index (χ4n) is 7.78. The van der Waals surface area contributed by atoms with Crippen LogP contribution in [0, 0.1) is 24.7 Å². The second kappa shape index (κ2) is 10.1. The summed E-state index contributed by atoms with van der Waals surface area (Å²) >= 11 is 14.4. The first-order valence-electron chi connectivity index (χ1n) is 14.7. The molecule has 0 aromatic heterocycles. The van der Waals surface area contributed by atoms with Gasteiger partial charge < -0.3 is 5.11 Å². The van der Waals surface area contributed by atoms with Crippen LogP contribution in [-0.4, -0.2) is 56.2 Å². The van der Waals surface area contributed by atoms with Crippen molar-refractivity contribution in [2.75, 3.05) is 11.9 Å². The number of anilines is 1. The lowest BCUT2D eigenvalue weighted by Gasteiger charge is -2.50. The van der Waals surface area contributed by atoms with E-state index in [-0.39, 0.29) is 24.4 Å². The first-order valence-corrected chi connectivity index (χ1v) is 15.4. The molecule has 1 saturated carbocycles. The maximum absolute atomic E-state index is 14.2. The molecule has 45 heavy (non-hydrogen) atoms. The van der Waals surface area contributed by atoms with Gasteiger partial charge in [0.1, 0.15) is 5.75 Å². The number of aryl methyl sites for hydroxylation is 1. The summed E-state index contributed by atoms with van der Waals surface area (Å²) in [6, 6.07) is 20.2. The van der Waals surface area contributed by atoms with Crippen LogP contribution in [0.5, 0.6) is 5.75 Å². The lowest BCUT2D eigenvalue weighted by molar-refractivity contribution is -0.138. The zero-order chi connectivity index (χ0) is 32.0. The van der Waals surface area contributed by atoms with Crippen molar-refractivity contribution >= 4 is 58.3 Å². The van der Waals surface area contributed by atoms with Crippen LogP contribution in [0.2, 0.25) is 0 Å². The van der Waals surface area contributed by atoms with Crippen LogP contribution in [-0.2, 0) is 19.2 Å². The average molecular weight is 644 g/mol. The number of para-hydroxylation sites is 1. The first-order chi connectivity index (χ1) is 21.4. The van der Waals surface area contributed by atoms with E-state index >= 15 is 0 Å². The van der Waals surface area contributed by atoms with E-state index in [4.69, 9.17) is 23.2 Å². The summed E-state index contributed by atoms with van der Waals surface area (Å²) in [4.78, 5) is 66.5. The van der Waals surface area contributed by atoms with E-state index in [0.717, 1.165) is 9.80 Å². The Labute approximate surface area is 269 Å². The number of halogens is 2. The van der Waals surface area contributed by atoms with E-state index in [1.165, 1.54) is 7.05 Å². The van der Waals surface area contributed by atoms with Gasteiger partial charge in [-0.3, -0.25) is 33.8 Å². The van der Waals surface area contributed by atoms with Gasteiger partial charge in [0.25, 0.3) is 11.8 Å². The zero-order valence-corrected chi connectivity index (χ0v) is 25.9. The molecule has 4 aliphatic rings.